The molecule has 5 N–H and O–H groups in total. The van der Waals surface area contributed by atoms with Gasteiger partial charge in [0.25, 0.3) is 0 Å². The lowest BCUT2D eigenvalue weighted by Gasteiger charge is -2.24. The van der Waals surface area contributed by atoms with E-state index in [4.69, 9.17) is 10.8 Å². The molecule has 3 unspecified atom stereocenters. The number of hydrogen-bond donors (Lipinski definition) is 4. The second-order valence-electron chi connectivity index (χ2n) is 4.29. The number of aliphatic hydroxyl groups is 1. The van der Waals surface area contributed by atoms with Crippen molar-refractivity contribution in [3.05, 3.63) is 0 Å². The molecule has 0 fully saturated rings. The van der Waals surface area contributed by atoms with Crippen LogP contribution in [0.15, 0.2) is 0 Å². The van der Waals surface area contributed by atoms with Gasteiger partial charge in [0.1, 0.15) is 6.04 Å². The first-order chi connectivity index (χ1) is 7.92. The molecule has 0 aliphatic rings. The zero-order valence-electron chi connectivity index (χ0n) is 10.7. The Labute approximate surface area is 102 Å². The molecule has 6 nitrogen and oxygen atoms in total. The van der Waals surface area contributed by atoms with Crippen LogP contribution in [0, 0.1) is 5.92 Å². The zero-order valence-corrected chi connectivity index (χ0v) is 10.7. The number of aliphatic hydroxyl groups excluding tert-OH is 1. The summed E-state index contributed by atoms with van der Waals surface area (Å²) in [5, 5.41) is 13.9. The molecule has 0 aromatic heterocycles. The predicted molar refractivity (Wildman–Crippen MR) is 65.3 cm³/mol. The monoisotopic (exact) mass is 245 g/mol. The molecule has 0 aliphatic heterocycles. The first kappa shape index (κ1) is 15.7. The Hall–Kier alpha value is -1.30. The fraction of sp³-hybridized carbons (Fsp3) is 0.818. The Morgan fingerprint density at radius 2 is 1.88 bits per heavy atom. The minimum atomic E-state index is -0.708. The highest BCUT2D eigenvalue weighted by Gasteiger charge is 2.25. The van der Waals surface area contributed by atoms with Crippen molar-refractivity contribution in [2.75, 3.05) is 6.61 Å². The molecule has 0 aromatic carbocycles. The Balaban J connectivity index is 4.46. The van der Waals surface area contributed by atoms with Crippen molar-refractivity contribution in [1.29, 1.82) is 0 Å². The summed E-state index contributed by atoms with van der Waals surface area (Å²) in [4.78, 5) is 22.7. The summed E-state index contributed by atoms with van der Waals surface area (Å²) in [7, 11) is 0. The molecule has 0 heterocycles. The van der Waals surface area contributed by atoms with Crippen LogP contribution in [0.25, 0.3) is 0 Å². The molecule has 3 amide bonds. The largest absolute Gasteiger partial charge is 0.396 e. The first-order valence-corrected chi connectivity index (χ1v) is 5.89. The van der Waals surface area contributed by atoms with Crippen molar-refractivity contribution in [1.82, 2.24) is 10.6 Å². The highest BCUT2D eigenvalue weighted by molar-refractivity contribution is 5.86. The summed E-state index contributed by atoms with van der Waals surface area (Å²) in [6, 6.07) is -1.47. The van der Waals surface area contributed by atoms with Gasteiger partial charge in [0, 0.05) is 12.6 Å². The molecule has 0 saturated carbocycles. The number of amides is 3. The third-order valence-corrected chi connectivity index (χ3v) is 2.74. The number of urea groups is 1. The topological polar surface area (TPSA) is 104 Å². The quantitative estimate of drug-likeness (QED) is 0.505. The van der Waals surface area contributed by atoms with E-state index in [2.05, 4.69) is 10.6 Å². The van der Waals surface area contributed by atoms with Crippen LogP contribution in [-0.4, -0.2) is 35.7 Å². The fourth-order valence-corrected chi connectivity index (χ4v) is 1.45. The fourth-order valence-electron chi connectivity index (χ4n) is 1.45. The number of primary amides is 1. The second kappa shape index (κ2) is 7.89. The van der Waals surface area contributed by atoms with E-state index in [1.54, 1.807) is 6.92 Å². The summed E-state index contributed by atoms with van der Waals surface area (Å²) < 4.78 is 0. The molecular weight excluding hydrogens is 222 g/mol. The SMILES string of the molecule is CCC(C)C(NC(N)=O)C(=O)NC(C)CCO. The second-order valence-corrected chi connectivity index (χ2v) is 4.29. The summed E-state index contributed by atoms with van der Waals surface area (Å²) in [6.07, 6.45) is 1.24. The Morgan fingerprint density at radius 3 is 2.29 bits per heavy atom. The van der Waals surface area contributed by atoms with Gasteiger partial charge < -0.3 is 21.5 Å². The van der Waals surface area contributed by atoms with Crippen LogP contribution in [0.2, 0.25) is 0 Å². The molecule has 0 spiro atoms. The smallest absolute Gasteiger partial charge is 0.312 e. The maximum Gasteiger partial charge on any atom is 0.312 e. The lowest BCUT2D eigenvalue weighted by Crippen LogP contribution is -2.53. The molecule has 100 valence electrons. The molecule has 0 radical (unpaired) electrons. The normalized spacial score (nSPS) is 15.8. The molecule has 0 saturated heterocycles. The van der Waals surface area contributed by atoms with Crippen LogP contribution in [0.4, 0.5) is 4.79 Å². The lowest BCUT2D eigenvalue weighted by molar-refractivity contribution is -0.124. The van der Waals surface area contributed by atoms with Crippen LogP contribution in [0.5, 0.6) is 0 Å². The van der Waals surface area contributed by atoms with Crippen molar-refractivity contribution >= 4 is 11.9 Å². The first-order valence-electron chi connectivity index (χ1n) is 5.89. The highest BCUT2D eigenvalue weighted by atomic mass is 16.3. The van der Waals surface area contributed by atoms with E-state index < -0.39 is 12.1 Å². The maximum absolute atomic E-state index is 11.9. The molecule has 0 aliphatic carbocycles. The van der Waals surface area contributed by atoms with Crippen molar-refractivity contribution in [3.8, 4) is 0 Å². The van der Waals surface area contributed by atoms with Crippen LogP contribution >= 0.6 is 0 Å². The van der Waals surface area contributed by atoms with Gasteiger partial charge in [-0.2, -0.15) is 0 Å². The zero-order chi connectivity index (χ0) is 13.4. The van der Waals surface area contributed by atoms with Crippen molar-refractivity contribution in [2.24, 2.45) is 11.7 Å². The van der Waals surface area contributed by atoms with Crippen LogP contribution in [0.3, 0.4) is 0 Å². The van der Waals surface area contributed by atoms with Gasteiger partial charge in [0.15, 0.2) is 0 Å². The van der Waals surface area contributed by atoms with Gasteiger partial charge in [-0.15, -0.1) is 0 Å². The Morgan fingerprint density at radius 1 is 1.29 bits per heavy atom. The van der Waals surface area contributed by atoms with Gasteiger partial charge in [-0.1, -0.05) is 20.3 Å². The highest BCUT2D eigenvalue weighted by Crippen LogP contribution is 2.08. The molecule has 0 aromatic rings. The van der Waals surface area contributed by atoms with Crippen LogP contribution in [-0.2, 0) is 4.79 Å². The summed E-state index contributed by atoms with van der Waals surface area (Å²) in [5.41, 5.74) is 5.04. The molecular formula is C11H23N3O3. The number of nitrogens with one attached hydrogen (secondary N) is 2. The summed E-state index contributed by atoms with van der Waals surface area (Å²) >= 11 is 0. The number of rotatable bonds is 7. The van der Waals surface area contributed by atoms with E-state index in [-0.39, 0.29) is 24.5 Å². The molecule has 3 atom stereocenters. The van der Waals surface area contributed by atoms with E-state index in [9.17, 15) is 9.59 Å². The van der Waals surface area contributed by atoms with E-state index in [0.29, 0.717) is 6.42 Å². The standard InChI is InChI=1S/C11H23N3O3/c1-4-7(2)9(14-11(12)17)10(16)13-8(3)5-6-15/h7-9,15H,4-6H2,1-3H3,(H,13,16)(H3,12,14,17). The Kier molecular flexibility index (Phi) is 7.29. The average molecular weight is 245 g/mol. The van der Waals surface area contributed by atoms with Gasteiger partial charge in [-0.25, -0.2) is 4.79 Å². The van der Waals surface area contributed by atoms with Gasteiger partial charge in [-0.3, -0.25) is 4.79 Å². The summed E-state index contributed by atoms with van der Waals surface area (Å²) in [6.45, 7) is 5.62. The molecule has 0 bridgehead atoms. The molecule has 17 heavy (non-hydrogen) atoms. The summed E-state index contributed by atoms with van der Waals surface area (Å²) in [5.74, 6) is -0.261. The van der Waals surface area contributed by atoms with Crippen molar-refractivity contribution in [2.45, 2.75) is 45.7 Å². The van der Waals surface area contributed by atoms with Gasteiger partial charge >= 0.3 is 6.03 Å². The minimum Gasteiger partial charge on any atom is -0.396 e. The third-order valence-electron chi connectivity index (χ3n) is 2.74. The van der Waals surface area contributed by atoms with Gasteiger partial charge in [-0.05, 0) is 19.3 Å². The van der Waals surface area contributed by atoms with Crippen molar-refractivity contribution < 1.29 is 14.7 Å². The Bertz CT molecular complexity index is 258. The molecule has 6 heteroatoms. The van der Waals surface area contributed by atoms with Crippen molar-refractivity contribution in [3.63, 3.8) is 0 Å². The van der Waals surface area contributed by atoms with E-state index >= 15 is 0 Å². The van der Waals surface area contributed by atoms with Gasteiger partial charge in [0.2, 0.25) is 5.91 Å². The van der Waals surface area contributed by atoms with E-state index in [1.807, 2.05) is 13.8 Å². The third kappa shape index (κ3) is 6.11. The lowest BCUT2D eigenvalue weighted by atomic mass is 9.98. The van der Waals surface area contributed by atoms with Gasteiger partial charge in [0.05, 0.1) is 0 Å². The minimum absolute atomic E-state index is 0.00354. The van der Waals surface area contributed by atoms with Crippen LogP contribution in [0.1, 0.15) is 33.6 Å². The maximum atomic E-state index is 11.9. The number of carbonyl (C=O) groups excluding carboxylic acids is 2. The number of carbonyl (C=O) groups is 2. The predicted octanol–water partition coefficient (Wildman–Crippen LogP) is -0.0435. The number of hydrogen-bond acceptors (Lipinski definition) is 3. The number of nitrogens with two attached hydrogens (primary N) is 1. The van der Waals surface area contributed by atoms with E-state index in [0.717, 1.165) is 6.42 Å². The van der Waals surface area contributed by atoms with Crippen LogP contribution < -0.4 is 16.4 Å². The average Bonchev–Trinajstić information content (AvgIpc) is 2.24. The molecule has 0 rings (SSSR count). The van der Waals surface area contributed by atoms with E-state index in [1.165, 1.54) is 0 Å².